The molecule has 0 spiro atoms. The van der Waals surface area contributed by atoms with Crippen molar-refractivity contribution in [3.05, 3.63) is 29.3 Å². The third-order valence-corrected chi connectivity index (χ3v) is 5.63. The first-order chi connectivity index (χ1) is 13.4. The van der Waals surface area contributed by atoms with E-state index >= 15 is 0 Å². The zero-order chi connectivity index (χ0) is 20.1. The van der Waals surface area contributed by atoms with Crippen LogP contribution in [0.4, 0.5) is 11.6 Å². The smallest absolute Gasteiger partial charge is 0.234 e. The van der Waals surface area contributed by atoms with Crippen molar-refractivity contribution in [2.45, 2.75) is 39.4 Å². The number of rotatable bonds is 7. The second kappa shape index (κ2) is 9.43. The molecule has 1 aliphatic heterocycles. The first kappa shape index (κ1) is 20.7. The summed E-state index contributed by atoms with van der Waals surface area (Å²) in [5.41, 5.74) is 3.20. The van der Waals surface area contributed by atoms with Gasteiger partial charge in [-0.3, -0.25) is 9.36 Å². The molecular formula is C20H29N5O2S. The average molecular weight is 404 g/mol. The van der Waals surface area contributed by atoms with Crippen LogP contribution in [-0.2, 0) is 16.1 Å². The number of nitrogens with one attached hydrogen (secondary N) is 1. The lowest BCUT2D eigenvalue weighted by Gasteiger charge is -2.28. The minimum Gasteiger partial charge on any atom is -0.378 e. The predicted octanol–water partition coefficient (Wildman–Crippen LogP) is 3.12. The molecule has 0 bridgehead atoms. The highest BCUT2D eigenvalue weighted by atomic mass is 32.2. The number of hydrogen-bond acceptors (Lipinski definition) is 6. The molecule has 0 atom stereocenters. The van der Waals surface area contributed by atoms with Crippen LogP contribution in [0.2, 0.25) is 0 Å². The van der Waals surface area contributed by atoms with E-state index in [1.807, 2.05) is 25.1 Å². The molecule has 28 heavy (non-hydrogen) atoms. The van der Waals surface area contributed by atoms with Gasteiger partial charge in [-0.25, -0.2) is 0 Å². The highest BCUT2D eigenvalue weighted by molar-refractivity contribution is 7.99. The van der Waals surface area contributed by atoms with Gasteiger partial charge >= 0.3 is 0 Å². The number of amides is 1. The second-order valence-electron chi connectivity index (χ2n) is 7.52. The quantitative estimate of drug-likeness (QED) is 0.716. The molecule has 1 aliphatic rings. The number of aryl methyl sites for hydroxylation is 2. The van der Waals surface area contributed by atoms with Crippen molar-refractivity contribution in [3.63, 3.8) is 0 Å². The Kier molecular flexibility index (Phi) is 6.96. The van der Waals surface area contributed by atoms with Crippen LogP contribution in [0, 0.1) is 19.8 Å². The van der Waals surface area contributed by atoms with Crippen LogP contribution in [0.3, 0.4) is 0 Å². The van der Waals surface area contributed by atoms with Crippen molar-refractivity contribution in [1.29, 1.82) is 0 Å². The Hall–Kier alpha value is -2.06. The fourth-order valence-corrected chi connectivity index (χ4v) is 3.80. The molecule has 3 rings (SSSR count). The number of benzene rings is 1. The fourth-order valence-electron chi connectivity index (χ4n) is 3.06. The minimum absolute atomic E-state index is 0.0414. The second-order valence-corrected chi connectivity index (χ2v) is 8.46. The molecule has 1 aromatic heterocycles. The number of carbonyl (C=O) groups is 1. The lowest BCUT2D eigenvalue weighted by Crippen LogP contribution is -2.38. The van der Waals surface area contributed by atoms with Crippen molar-refractivity contribution in [2.75, 3.05) is 42.3 Å². The molecule has 2 heterocycles. The summed E-state index contributed by atoms with van der Waals surface area (Å²) in [5, 5.41) is 12.5. The molecule has 152 valence electrons. The Balaban J connectivity index is 1.66. The first-order valence-electron chi connectivity index (χ1n) is 9.70. The zero-order valence-corrected chi connectivity index (χ0v) is 17.9. The first-order valence-corrected chi connectivity index (χ1v) is 10.7. The van der Waals surface area contributed by atoms with Gasteiger partial charge in [-0.05, 0) is 43.0 Å². The van der Waals surface area contributed by atoms with Crippen LogP contribution < -0.4 is 10.2 Å². The molecule has 0 unspecified atom stereocenters. The summed E-state index contributed by atoms with van der Waals surface area (Å²) in [6.45, 7) is 12.3. The number of ether oxygens (including phenoxy) is 1. The molecule has 1 saturated heterocycles. The van der Waals surface area contributed by atoms with E-state index in [9.17, 15) is 4.79 Å². The third-order valence-electron chi connectivity index (χ3n) is 4.66. The molecule has 0 radical (unpaired) electrons. The number of anilines is 2. The highest BCUT2D eigenvalue weighted by Crippen LogP contribution is 2.24. The Bertz CT molecular complexity index is 815. The summed E-state index contributed by atoms with van der Waals surface area (Å²) < 4.78 is 7.57. The number of carbonyl (C=O) groups excluding carboxylic acids is 1. The van der Waals surface area contributed by atoms with Gasteiger partial charge in [-0.2, -0.15) is 0 Å². The monoisotopic (exact) mass is 403 g/mol. The van der Waals surface area contributed by atoms with Crippen LogP contribution in [0.15, 0.2) is 23.4 Å². The lowest BCUT2D eigenvalue weighted by molar-refractivity contribution is -0.113. The maximum absolute atomic E-state index is 12.4. The van der Waals surface area contributed by atoms with Gasteiger partial charge in [0, 0.05) is 25.3 Å². The average Bonchev–Trinajstić information content (AvgIpc) is 3.05. The van der Waals surface area contributed by atoms with Gasteiger partial charge in [0.1, 0.15) is 0 Å². The summed E-state index contributed by atoms with van der Waals surface area (Å²) in [6, 6.07) is 5.95. The molecule has 1 fully saturated rings. The SMILES string of the molecule is Cc1ccc(NC(=O)CSc2nnc(N3CCOCC3)n2CC(C)C)cc1C. The van der Waals surface area contributed by atoms with E-state index in [1.165, 1.54) is 17.3 Å². The van der Waals surface area contributed by atoms with E-state index in [0.717, 1.165) is 42.0 Å². The third kappa shape index (κ3) is 5.26. The van der Waals surface area contributed by atoms with Gasteiger partial charge < -0.3 is 15.0 Å². The van der Waals surface area contributed by atoms with Crippen molar-refractivity contribution < 1.29 is 9.53 Å². The fraction of sp³-hybridized carbons (Fsp3) is 0.550. The molecule has 1 N–H and O–H groups in total. The van der Waals surface area contributed by atoms with Crippen LogP contribution in [0.25, 0.3) is 0 Å². The maximum atomic E-state index is 12.4. The van der Waals surface area contributed by atoms with Crippen LogP contribution in [0.1, 0.15) is 25.0 Å². The molecule has 0 saturated carbocycles. The molecule has 7 nitrogen and oxygen atoms in total. The van der Waals surface area contributed by atoms with Crippen molar-refractivity contribution in [2.24, 2.45) is 5.92 Å². The summed E-state index contributed by atoms with van der Waals surface area (Å²) >= 11 is 1.43. The summed E-state index contributed by atoms with van der Waals surface area (Å²) in [7, 11) is 0. The molecule has 8 heteroatoms. The van der Waals surface area contributed by atoms with E-state index < -0.39 is 0 Å². The zero-order valence-electron chi connectivity index (χ0n) is 17.1. The van der Waals surface area contributed by atoms with Crippen molar-refractivity contribution in [3.8, 4) is 0 Å². The molecule has 1 aromatic carbocycles. The summed E-state index contributed by atoms with van der Waals surface area (Å²) in [5.74, 6) is 1.58. The number of aromatic nitrogens is 3. The van der Waals surface area contributed by atoms with Gasteiger partial charge in [0.2, 0.25) is 11.9 Å². The van der Waals surface area contributed by atoms with E-state index in [4.69, 9.17) is 4.74 Å². The van der Waals surface area contributed by atoms with Crippen molar-refractivity contribution >= 4 is 29.3 Å². The molecule has 2 aromatic rings. The van der Waals surface area contributed by atoms with Crippen LogP contribution in [0.5, 0.6) is 0 Å². The standard InChI is InChI=1S/C20H29N5O2S/c1-14(2)12-25-19(24-7-9-27-10-8-24)22-23-20(25)28-13-18(26)21-17-6-5-15(3)16(4)11-17/h5-6,11,14H,7-10,12-13H2,1-4H3,(H,21,26). The summed E-state index contributed by atoms with van der Waals surface area (Å²) in [6.07, 6.45) is 0. The van der Waals surface area contributed by atoms with E-state index in [0.29, 0.717) is 24.9 Å². The topological polar surface area (TPSA) is 72.3 Å². The Morgan fingerprint density at radius 1 is 1.21 bits per heavy atom. The van der Waals surface area contributed by atoms with Gasteiger partial charge in [-0.1, -0.05) is 31.7 Å². The normalized spacial score (nSPS) is 14.5. The van der Waals surface area contributed by atoms with E-state index in [2.05, 4.69) is 45.8 Å². The molecular weight excluding hydrogens is 374 g/mol. The predicted molar refractivity (Wildman–Crippen MR) is 113 cm³/mol. The van der Waals surface area contributed by atoms with Gasteiger partial charge in [0.15, 0.2) is 5.16 Å². The van der Waals surface area contributed by atoms with Gasteiger partial charge in [-0.15, -0.1) is 10.2 Å². The van der Waals surface area contributed by atoms with Crippen LogP contribution in [-0.4, -0.2) is 52.7 Å². The molecule has 0 aliphatic carbocycles. The maximum Gasteiger partial charge on any atom is 0.234 e. The summed E-state index contributed by atoms with van der Waals surface area (Å²) in [4.78, 5) is 14.6. The largest absolute Gasteiger partial charge is 0.378 e. The van der Waals surface area contributed by atoms with Crippen LogP contribution >= 0.6 is 11.8 Å². The Labute approximate surface area is 170 Å². The Morgan fingerprint density at radius 3 is 2.64 bits per heavy atom. The number of nitrogens with zero attached hydrogens (tertiary/aromatic N) is 4. The number of thioether (sulfide) groups is 1. The Morgan fingerprint density at radius 2 is 1.96 bits per heavy atom. The van der Waals surface area contributed by atoms with E-state index in [1.54, 1.807) is 0 Å². The van der Waals surface area contributed by atoms with Crippen molar-refractivity contribution in [1.82, 2.24) is 14.8 Å². The number of morpholine rings is 1. The lowest BCUT2D eigenvalue weighted by atomic mass is 10.1. The van der Waals surface area contributed by atoms with Gasteiger partial charge in [0.25, 0.3) is 0 Å². The highest BCUT2D eigenvalue weighted by Gasteiger charge is 2.21. The number of hydrogen-bond donors (Lipinski definition) is 1. The molecule has 1 amide bonds. The van der Waals surface area contributed by atoms with E-state index in [-0.39, 0.29) is 5.91 Å². The van der Waals surface area contributed by atoms with Gasteiger partial charge in [0.05, 0.1) is 19.0 Å². The minimum atomic E-state index is -0.0414.